The molecule has 0 radical (unpaired) electrons. The number of hydrogen-bond donors (Lipinski definition) is 1. The summed E-state index contributed by atoms with van der Waals surface area (Å²) in [6.45, 7) is 2.68. The second-order valence-electron chi connectivity index (χ2n) is 8.78. The number of halogens is 3. The zero-order valence-electron chi connectivity index (χ0n) is 19.8. The van der Waals surface area contributed by atoms with Crippen LogP contribution in [-0.2, 0) is 19.5 Å². The third-order valence-electron chi connectivity index (χ3n) is 5.82. The van der Waals surface area contributed by atoms with E-state index in [9.17, 15) is 13.2 Å². The van der Waals surface area contributed by atoms with Crippen molar-refractivity contribution in [3.05, 3.63) is 89.8 Å². The van der Waals surface area contributed by atoms with Crippen molar-refractivity contribution in [2.75, 3.05) is 0 Å². The molecule has 0 saturated carbocycles. The molecule has 0 saturated heterocycles. The molecule has 5 rings (SSSR count). The number of aryl methyl sites for hydroxylation is 1. The third-order valence-corrected chi connectivity index (χ3v) is 5.82. The molecule has 0 spiro atoms. The number of imidazole rings is 1. The van der Waals surface area contributed by atoms with Gasteiger partial charge in [0.15, 0.2) is 13.6 Å². The van der Waals surface area contributed by atoms with Crippen molar-refractivity contribution in [2.24, 2.45) is 0 Å². The van der Waals surface area contributed by atoms with Crippen LogP contribution in [0.4, 0.5) is 13.2 Å². The Balaban J connectivity index is 1.46. The monoisotopic (exact) mass is 489 g/mol. The van der Waals surface area contributed by atoms with Crippen LogP contribution in [0.2, 0.25) is 0 Å². The molecule has 4 aromatic heterocycles. The Kier molecular flexibility index (Phi) is 6.32. The maximum absolute atomic E-state index is 13.0. The zero-order chi connectivity index (χ0) is 25.3. The van der Waals surface area contributed by atoms with E-state index in [1.54, 1.807) is 22.7 Å². The van der Waals surface area contributed by atoms with Gasteiger partial charge in [-0.25, -0.2) is 14.5 Å². The topological polar surface area (TPSA) is 75.0 Å². The largest absolute Gasteiger partial charge is 0.393 e. The Hall–Kier alpha value is -3.99. The molecule has 0 unspecified atom stereocenters. The van der Waals surface area contributed by atoms with Crippen molar-refractivity contribution in [3.63, 3.8) is 0 Å². The fourth-order valence-corrected chi connectivity index (χ4v) is 4.23. The number of benzene rings is 1. The zero-order valence-corrected chi connectivity index (χ0v) is 19.8. The van der Waals surface area contributed by atoms with Gasteiger partial charge in [-0.3, -0.25) is 4.98 Å². The fraction of sp³-hybridized carbons (Fsp3) is 0.200. The lowest BCUT2D eigenvalue weighted by molar-refractivity contribution is -0.127. The van der Waals surface area contributed by atoms with Crippen LogP contribution in [-0.4, -0.2) is 48.5 Å². The number of nitrogens with zero attached hydrogens (tertiary/aromatic N) is 6. The van der Waals surface area contributed by atoms with Crippen LogP contribution in [0.15, 0.2) is 67.1 Å². The number of fused-ring (bicyclic) bond motifs is 1. The molecular weight excluding hydrogens is 466 g/mol. The van der Waals surface area contributed by atoms with Crippen LogP contribution in [0.1, 0.15) is 22.6 Å². The first kappa shape index (κ1) is 23.7. The summed E-state index contributed by atoms with van der Waals surface area (Å²) in [5.74, 6) is 0.679. The molecule has 36 heavy (non-hydrogen) atoms. The van der Waals surface area contributed by atoms with Gasteiger partial charge in [-0.15, -0.1) is 0 Å². The summed E-state index contributed by atoms with van der Waals surface area (Å²) in [6, 6.07) is 16.2. The molecule has 0 bridgehead atoms. The summed E-state index contributed by atoms with van der Waals surface area (Å²) in [5.41, 5.74) is 5.58. The van der Waals surface area contributed by atoms with E-state index in [-0.39, 0.29) is 5.56 Å². The smallest absolute Gasteiger partial charge is 0.340 e. The molecule has 0 atom stereocenters. The summed E-state index contributed by atoms with van der Waals surface area (Å²) in [5, 5.41) is 4.22. The minimum absolute atomic E-state index is 0.280. The number of alkyl halides is 3. The first-order chi connectivity index (χ1) is 17.2. The lowest BCUT2D eigenvalue weighted by atomic mass is 10.0. The molecule has 5 aromatic rings. The summed E-state index contributed by atoms with van der Waals surface area (Å²) < 4.78 is 40.8. The van der Waals surface area contributed by atoms with Crippen LogP contribution in [0, 0.1) is 6.92 Å². The predicted octanol–water partition coefficient (Wildman–Crippen LogP) is 4.14. The minimum atomic E-state index is -4.26. The highest BCUT2D eigenvalue weighted by molar-refractivity contribution is 6.04. The fourth-order valence-electron chi connectivity index (χ4n) is 4.23. The number of nitrogens with one attached hydrogen (secondary N) is 1. The van der Waals surface area contributed by atoms with Crippen molar-refractivity contribution in [2.45, 2.75) is 32.6 Å². The highest BCUT2D eigenvalue weighted by atomic mass is 19.4. The van der Waals surface area contributed by atoms with Gasteiger partial charge in [0.1, 0.15) is 17.8 Å². The van der Waals surface area contributed by atoms with Gasteiger partial charge in [-0.2, -0.15) is 18.3 Å². The Morgan fingerprint density at radius 3 is 2.56 bits per heavy atom. The van der Waals surface area contributed by atoms with Crippen molar-refractivity contribution < 1.29 is 13.2 Å². The number of hydrogen-bond acceptors (Lipinski definition) is 5. The SMILES string of the molecule is BN(Cc1nc(-c2cccc(C)n2)c(-c2ccc3ncnn3c2)[nH]1)Cc1ccccc1CC(F)(F)F. The van der Waals surface area contributed by atoms with E-state index in [1.807, 2.05) is 56.2 Å². The predicted molar refractivity (Wildman–Crippen MR) is 133 cm³/mol. The van der Waals surface area contributed by atoms with Gasteiger partial charge in [0.05, 0.1) is 17.8 Å². The quantitative estimate of drug-likeness (QED) is 0.348. The van der Waals surface area contributed by atoms with Crippen LogP contribution in [0.5, 0.6) is 0 Å². The maximum Gasteiger partial charge on any atom is 0.393 e. The molecule has 11 heteroatoms. The van der Waals surface area contributed by atoms with Gasteiger partial charge in [0.2, 0.25) is 0 Å². The Morgan fingerprint density at radius 1 is 0.972 bits per heavy atom. The average molecular weight is 489 g/mol. The normalized spacial score (nSPS) is 12.0. The number of H-pyrrole nitrogens is 1. The van der Waals surface area contributed by atoms with Gasteiger partial charge in [0, 0.05) is 30.5 Å². The number of rotatable bonds is 7. The first-order valence-electron chi connectivity index (χ1n) is 11.4. The molecule has 4 heterocycles. The number of aromatic amines is 1. The Bertz CT molecular complexity index is 1510. The van der Waals surface area contributed by atoms with Crippen LogP contribution in [0.3, 0.4) is 0 Å². The van der Waals surface area contributed by atoms with E-state index in [4.69, 9.17) is 4.98 Å². The molecular formula is C25H23BF3N7. The van der Waals surface area contributed by atoms with Crippen molar-refractivity contribution in [1.29, 1.82) is 0 Å². The van der Waals surface area contributed by atoms with E-state index in [0.29, 0.717) is 30.2 Å². The molecule has 7 nitrogen and oxygen atoms in total. The first-order valence-corrected chi connectivity index (χ1v) is 11.4. The second-order valence-corrected chi connectivity index (χ2v) is 8.78. The van der Waals surface area contributed by atoms with Gasteiger partial charge in [0.25, 0.3) is 0 Å². The van der Waals surface area contributed by atoms with Gasteiger partial charge in [-0.1, -0.05) is 30.3 Å². The van der Waals surface area contributed by atoms with E-state index in [2.05, 4.69) is 20.1 Å². The summed E-state index contributed by atoms with van der Waals surface area (Å²) in [7, 11) is 1.86. The minimum Gasteiger partial charge on any atom is -0.340 e. The summed E-state index contributed by atoms with van der Waals surface area (Å²) in [6.07, 6.45) is -1.84. The van der Waals surface area contributed by atoms with E-state index in [1.165, 1.54) is 12.4 Å². The Morgan fingerprint density at radius 2 is 1.78 bits per heavy atom. The van der Waals surface area contributed by atoms with Crippen molar-refractivity contribution in [1.82, 2.24) is 34.4 Å². The van der Waals surface area contributed by atoms with Crippen molar-refractivity contribution in [3.8, 4) is 22.6 Å². The van der Waals surface area contributed by atoms with E-state index >= 15 is 0 Å². The third kappa shape index (κ3) is 5.31. The van der Waals surface area contributed by atoms with Gasteiger partial charge >= 0.3 is 6.18 Å². The van der Waals surface area contributed by atoms with E-state index < -0.39 is 12.6 Å². The van der Waals surface area contributed by atoms with Gasteiger partial charge < -0.3 is 9.79 Å². The van der Waals surface area contributed by atoms with Gasteiger partial charge in [-0.05, 0) is 42.3 Å². The molecule has 0 fully saturated rings. The lowest BCUT2D eigenvalue weighted by Crippen LogP contribution is -2.22. The standard InChI is InChI=1S/C25H23BF3N7/c1-16-5-4-8-20(32-16)24-23(19-9-10-22-30-15-31-36(22)13-19)33-21(34-24)14-35(26)12-18-7-3-2-6-17(18)11-25(27,28)29/h2-10,13,15H,11-12,14,26H2,1H3,(H,33,34). The second kappa shape index (κ2) is 9.58. The average Bonchev–Trinajstić information content (AvgIpc) is 3.46. The molecule has 1 N–H and O–H groups in total. The molecule has 1 aromatic carbocycles. The van der Waals surface area contributed by atoms with Crippen LogP contribution < -0.4 is 0 Å². The summed E-state index contributed by atoms with van der Waals surface area (Å²) in [4.78, 5) is 19.0. The van der Waals surface area contributed by atoms with Crippen LogP contribution >= 0.6 is 0 Å². The molecule has 0 aliphatic heterocycles. The van der Waals surface area contributed by atoms with Crippen LogP contribution in [0.25, 0.3) is 28.3 Å². The molecule has 0 aliphatic carbocycles. The van der Waals surface area contributed by atoms with Crippen molar-refractivity contribution >= 4 is 13.6 Å². The van der Waals surface area contributed by atoms with E-state index in [0.717, 1.165) is 28.3 Å². The number of pyridine rings is 2. The number of aromatic nitrogens is 6. The maximum atomic E-state index is 13.0. The molecule has 0 aliphatic rings. The summed E-state index contributed by atoms with van der Waals surface area (Å²) >= 11 is 0. The lowest BCUT2D eigenvalue weighted by Gasteiger charge is -2.19. The Labute approximate surface area is 206 Å². The highest BCUT2D eigenvalue weighted by Gasteiger charge is 2.28. The molecule has 182 valence electrons. The highest BCUT2D eigenvalue weighted by Crippen LogP contribution is 2.30. The molecule has 0 amide bonds.